The van der Waals surface area contributed by atoms with Crippen LogP contribution in [0.5, 0.6) is 0 Å². The lowest BCUT2D eigenvalue weighted by atomic mass is 10.3. The Hall–Kier alpha value is -0.613. The van der Waals surface area contributed by atoms with Gasteiger partial charge in [-0.3, -0.25) is 4.79 Å². The Morgan fingerprint density at radius 3 is 2.58 bits per heavy atom. The van der Waals surface area contributed by atoms with E-state index in [4.69, 9.17) is 4.43 Å². The molecule has 0 aliphatic rings. The van der Waals surface area contributed by atoms with Gasteiger partial charge in [0.1, 0.15) is 0 Å². The van der Waals surface area contributed by atoms with Gasteiger partial charge >= 0.3 is 0 Å². The van der Waals surface area contributed by atoms with E-state index in [1.807, 2.05) is 0 Å². The van der Waals surface area contributed by atoms with Gasteiger partial charge in [-0.05, 0) is 13.0 Å². The molecule has 0 bridgehead atoms. The Bertz CT molecular complexity index is 170. The minimum atomic E-state index is -1.49. The number of nitrogens with one attached hydrogen (secondary N) is 1. The highest BCUT2D eigenvalue weighted by Gasteiger charge is 2.12. The molecule has 0 aromatic heterocycles. The average molecular weight is 187 g/mol. The molecular weight excluding hydrogens is 170 g/mol. The van der Waals surface area contributed by atoms with Crippen LogP contribution in [0.4, 0.5) is 0 Å². The molecule has 1 atom stereocenters. The number of amides is 1. The molecule has 0 aliphatic carbocycles. The number of carbonyl (C=O) groups excluding carboxylic acids is 1. The third-order valence-electron chi connectivity index (χ3n) is 1.52. The summed E-state index contributed by atoms with van der Waals surface area (Å²) >= 11 is 0. The second-order valence-electron chi connectivity index (χ2n) is 2.77. The van der Waals surface area contributed by atoms with E-state index in [2.05, 4.69) is 18.5 Å². The van der Waals surface area contributed by atoms with Crippen molar-refractivity contribution in [3.8, 4) is 0 Å². The maximum absolute atomic E-state index is 11.1. The van der Waals surface area contributed by atoms with Crippen LogP contribution >= 0.6 is 0 Å². The monoisotopic (exact) mass is 187 g/mol. The van der Waals surface area contributed by atoms with Crippen LogP contribution in [0.1, 0.15) is 20.3 Å². The highest BCUT2D eigenvalue weighted by molar-refractivity contribution is 6.52. The molecule has 0 aromatic rings. The molecule has 0 aromatic carbocycles. The standard InChI is InChI=1S/C8H17NO2Si/c1-5-6-12(11-4)9-8(10)7(2)3/h12H,2,5-6H2,1,3-4H3,(H,9,10). The topological polar surface area (TPSA) is 38.3 Å². The highest BCUT2D eigenvalue weighted by Crippen LogP contribution is 1.96. The van der Waals surface area contributed by atoms with E-state index in [-0.39, 0.29) is 5.91 Å². The predicted molar refractivity (Wildman–Crippen MR) is 52.2 cm³/mol. The average Bonchev–Trinajstić information content (AvgIpc) is 2.03. The molecule has 1 amide bonds. The summed E-state index contributed by atoms with van der Waals surface area (Å²) in [5.41, 5.74) is 0.542. The maximum Gasteiger partial charge on any atom is 0.283 e. The minimum absolute atomic E-state index is 0.0815. The molecule has 3 nitrogen and oxygen atoms in total. The van der Waals surface area contributed by atoms with E-state index in [9.17, 15) is 4.79 Å². The lowest BCUT2D eigenvalue weighted by molar-refractivity contribution is -0.116. The van der Waals surface area contributed by atoms with Crippen molar-refractivity contribution in [2.75, 3.05) is 7.11 Å². The van der Waals surface area contributed by atoms with Gasteiger partial charge in [-0.1, -0.05) is 19.9 Å². The van der Waals surface area contributed by atoms with Crippen LogP contribution in [0.2, 0.25) is 6.04 Å². The molecule has 0 saturated carbocycles. The molecule has 0 rings (SSSR count). The largest absolute Gasteiger partial charge is 0.404 e. The van der Waals surface area contributed by atoms with Gasteiger partial charge in [0.2, 0.25) is 5.91 Å². The van der Waals surface area contributed by atoms with E-state index < -0.39 is 9.20 Å². The molecule has 70 valence electrons. The van der Waals surface area contributed by atoms with Crippen molar-refractivity contribution < 1.29 is 9.22 Å². The van der Waals surface area contributed by atoms with Crippen molar-refractivity contribution >= 4 is 15.1 Å². The molecule has 4 heteroatoms. The lowest BCUT2D eigenvalue weighted by Crippen LogP contribution is -2.40. The SMILES string of the molecule is C=C(C)C(=O)N[SiH](CCC)OC. The van der Waals surface area contributed by atoms with Gasteiger partial charge in [0, 0.05) is 12.7 Å². The summed E-state index contributed by atoms with van der Waals surface area (Å²) in [7, 11) is 0.157. The van der Waals surface area contributed by atoms with E-state index in [1.54, 1.807) is 14.0 Å². The third-order valence-corrected chi connectivity index (χ3v) is 3.77. The number of carbonyl (C=O) groups is 1. The summed E-state index contributed by atoms with van der Waals surface area (Å²) in [5, 5.41) is 0. The van der Waals surface area contributed by atoms with E-state index >= 15 is 0 Å². The zero-order valence-corrected chi connectivity index (χ0v) is 9.17. The number of hydrogen-bond acceptors (Lipinski definition) is 2. The van der Waals surface area contributed by atoms with Gasteiger partial charge in [-0.25, -0.2) is 0 Å². The summed E-state index contributed by atoms with van der Waals surface area (Å²) in [6, 6.07) is 0.968. The first kappa shape index (κ1) is 11.4. The molecule has 0 fully saturated rings. The first-order valence-electron chi connectivity index (χ1n) is 4.11. The molecule has 12 heavy (non-hydrogen) atoms. The maximum atomic E-state index is 11.1. The molecule has 0 heterocycles. The van der Waals surface area contributed by atoms with E-state index in [0.717, 1.165) is 12.5 Å². The first-order valence-corrected chi connectivity index (χ1v) is 5.97. The Morgan fingerprint density at radius 1 is 1.67 bits per heavy atom. The van der Waals surface area contributed by atoms with Gasteiger partial charge in [-0.15, -0.1) is 0 Å². The fourth-order valence-corrected chi connectivity index (χ4v) is 2.34. The number of rotatable bonds is 5. The molecule has 1 unspecified atom stereocenters. The van der Waals surface area contributed by atoms with Crippen LogP contribution < -0.4 is 4.98 Å². The summed E-state index contributed by atoms with van der Waals surface area (Å²) in [6.07, 6.45) is 1.04. The van der Waals surface area contributed by atoms with Gasteiger partial charge in [0.05, 0.1) is 0 Å². The van der Waals surface area contributed by atoms with Crippen LogP contribution in [0, 0.1) is 0 Å². The van der Waals surface area contributed by atoms with Gasteiger partial charge in [0.25, 0.3) is 9.20 Å². The molecular formula is C8H17NO2Si. The Morgan fingerprint density at radius 2 is 2.25 bits per heavy atom. The van der Waals surface area contributed by atoms with Gasteiger partial charge in [-0.2, -0.15) is 0 Å². The van der Waals surface area contributed by atoms with Crippen LogP contribution in [0.3, 0.4) is 0 Å². The first-order chi connectivity index (χ1) is 5.61. The second kappa shape index (κ2) is 5.96. The Balaban J connectivity index is 3.85. The zero-order chi connectivity index (χ0) is 9.56. The molecule has 0 saturated heterocycles. The number of hydrogen-bond donors (Lipinski definition) is 1. The minimum Gasteiger partial charge on any atom is -0.404 e. The third kappa shape index (κ3) is 4.30. The summed E-state index contributed by atoms with van der Waals surface area (Å²) in [5.74, 6) is -0.0815. The van der Waals surface area contributed by atoms with E-state index in [1.165, 1.54) is 0 Å². The molecule has 1 N–H and O–H groups in total. The van der Waals surface area contributed by atoms with Crippen molar-refractivity contribution in [2.45, 2.75) is 26.3 Å². The quantitative estimate of drug-likeness (QED) is 0.514. The van der Waals surface area contributed by atoms with Crippen LogP contribution in [0.15, 0.2) is 12.2 Å². The summed E-state index contributed by atoms with van der Waals surface area (Å²) < 4.78 is 5.18. The smallest absolute Gasteiger partial charge is 0.283 e. The normalized spacial score (nSPS) is 12.2. The van der Waals surface area contributed by atoms with Gasteiger partial charge in [0.15, 0.2) is 0 Å². The fraction of sp³-hybridized carbons (Fsp3) is 0.625. The molecule has 0 aliphatic heterocycles. The Kier molecular flexibility index (Phi) is 5.66. The second-order valence-corrected chi connectivity index (χ2v) is 5.08. The van der Waals surface area contributed by atoms with Crippen LogP contribution in [0.25, 0.3) is 0 Å². The zero-order valence-electron chi connectivity index (χ0n) is 8.02. The van der Waals surface area contributed by atoms with Crippen molar-refractivity contribution in [3.05, 3.63) is 12.2 Å². The lowest BCUT2D eigenvalue weighted by Gasteiger charge is -2.13. The van der Waals surface area contributed by atoms with Crippen molar-refractivity contribution in [1.82, 2.24) is 4.98 Å². The van der Waals surface area contributed by atoms with Crippen molar-refractivity contribution in [1.29, 1.82) is 0 Å². The highest BCUT2D eigenvalue weighted by atomic mass is 28.3. The van der Waals surface area contributed by atoms with Crippen molar-refractivity contribution in [2.24, 2.45) is 0 Å². The molecule has 0 radical (unpaired) electrons. The Labute approximate surface area is 75.6 Å². The summed E-state index contributed by atoms with van der Waals surface area (Å²) in [6.45, 7) is 7.33. The fourth-order valence-electron chi connectivity index (χ4n) is 0.781. The molecule has 0 spiro atoms. The van der Waals surface area contributed by atoms with Crippen molar-refractivity contribution in [3.63, 3.8) is 0 Å². The summed E-state index contributed by atoms with van der Waals surface area (Å²) in [4.78, 5) is 14.0. The predicted octanol–water partition coefficient (Wildman–Crippen LogP) is 0.956. The van der Waals surface area contributed by atoms with Gasteiger partial charge < -0.3 is 9.41 Å². The van der Waals surface area contributed by atoms with E-state index in [0.29, 0.717) is 5.57 Å². The van der Waals surface area contributed by atoms with Crippen LogP contribution in [-0.4, -0.2) is 22.2 Å². The van der Waals surface area contributed by atoms with Crippen LogP contribution in [-0.2, 0) is 9.22 Å².